The molecule has 2 saturated heterocycles. The summed E-state index contributed by atoms with van der Waals surface area (Å²) in [6.45, 7) is 4.20. The molecule has 1 aromatic heterocycles. The number of piperidine rings is 1. The van der Waals surface area contributed by atoms with Crippen LogP contribution in [0.1, 0.15) is 44.2 Å². The van der Waals surface area contributed by atoms with Crippen LogP contribution in [0.15, 0.2) is 24.3 Å². The molecule has 2 fully saturated rings. The third-order valence-corrected chi connectivity index (χ3v) is 5.77. The number of carbonyl (C=O) groups is 1. The van der Waals surface area contributed by atoms with Crippen LogP contribution >= 0.6 is 0 Å². The molecular weight excluding hydrogens is 312 g/mol. The molecule has 0 bridgehead atoms. The highest BCUT2D eigenvalue weighted by atomic mass is 16.2. The number of likely N-dealkylation sites (tertiary alicyclic amines) is 2. The number of H-pyrrole nitrogens is 1. The van der Waals surface area contributed by atoms with Crippen molar-refractivity contribution in [3.8, 4) is 0 Å². The standard InChI is InChI=1S/C20H28N4O/c25-20(14-19-17-9-3-4-10-18(17)21-22-19)24-13-7-8-16(15-24)23-11-5-1-2-6-12-23/h3-4,9-10,16H,1-2,5-8,11-15H2,(H,21,22). The maximum atomic E-state index is 12.9. The first-order chi connectivity index (χ1) is 12.3. The minimum absolute atomic E-state index is 0.230. The van der Waals surface area contributed by atoms with E-state index in [1.165, 1.54) is 45.2 Å². The molecule has 134 valence electrons. The summed E-state index contributed by atoms with van der Waals surface area (Å²) < 4.78 is 0. The van der Waals surface area contributed by atoms with Gasteiger partial charge in [0.05, 0.1) is 17.6 Å². The fourth-order valence-corrected chi connectivity index (χ4v) is 4.35. The summed E-state index contributed by atoms with van der Waals surface area (Å²) in [5, 5.41) is 8.44. The molecule has 2 aliphatic rings. The number of hydrogen-bond donors (Lipinski definition) is 1. The molecule has 2 aliphatic heterocycles. The Morgan fingerprint density at radius 3 is 2.72 bits per heavy atom. The summed E-state index contributed by atoms with van der Waals surface area (Å²) in [5.41, 5.74) is 1.88. The van der Waals surface area contributed by atoms with E-state index in [9.17, 15) is 4.79 Å². The SMILES string of the molecule is O=C(Cc1[nH]nc2ccccc12)N1CCCC(N2CCCCCC2)C1. The molecule has 0 spiro atoms. The smallest absolute Gasteiger partial charge is 0.228 e. The number of nitrogens with zero attached hydrogens (tertiary/aromatic N) is 3. The Hall–Kier alpha value is -1.88. The Kier molecular flexibility index (Phi) is 5.02. The number of benzene rings is 1. The van der Waals surface area contributed by atoms with Crippen LogP contribution in [0, 0.1) is 0 Å². The summed E-state index contributed by atoms with van der Waals surface area (Å²) in [6, 6.07) is 8.55. The largest absolute Gasteiger partial charge is 0.341 e. The van der Waals surface area contributed by atoms with Gasteiger partial charge in [-0.05, 0) is 44.8 Å². The van der Waals surface area contributed by atoms with Crippen LogP contribution in [0.2, 0.25) is 0 Å². The number of fused-ring (bicyclic) bond motifs is 1. The molecule has 1 aromatic carbocycles. The monoisotopic (exact) mass is 340 g/mol. The molecule has 1 atom stereocenters. The van der Waals surface area contributed by atoms with Crippen LogP contribution in [0.4, 0.5) is 0 Å². The zero-order valence-corrected chi connectivity index (χ0v) is 14.9. The first kappa shape index (κ1) is 16.6. The second-order valence-corrected chi connectivity index (χ2v) is 7.48. The van der Waals surface area contributed by atoms with Crippen molar-refractivity contribution in [3.05, 3.63) is 30.0 Å². The van der Waals surface area contributed by atoms with E-state index < -0.39 is 0 Å². The van der Waals surface area contributed by atoms with Gasteiger partial charge in [-0.2, -0.15) is 5.10 Å². The summed E-state index contributed by atoms with van der Waals surface area (Å²) in [5.74, 6) is 0.230. The Labute approximate surface area is 149 Å². The molecule has 5 nitrogen and oxygen atoms in total. The van der Waals surface area contributed by atoms with Crippen molar-refractivity contribution in [2.75, 3.05) is 26.2 Å². The van der Waals surface area contributed by atoms with Crippen LogP contribution in [-0.2, 0) is 11.2 Å². The summed E-state index contributed by atoms with van der Waals surface area (Å²) in [7, 11) is 0. The second kappa shape index (κ2) is 7.56. The van der Waals surface area contributed by atoms with Gasteiger partial charge in [-0.1, -0.05) is 31.0 Å². The van der Waals surface area contributed by atoms with E-state index in [-0.39, 0.29) is 5.91 Å². The molecule has 5 heteroatoms. The van der Waals surface area contributed by atoms with Crippen LogP contribution in [0.3, 0.4) is 0 Å². The first-order valence-electron chi connectivity index (χ1n) is 9.75. The predicted octanol–water partition coefficient (Wildman–Crippen LogP) is 2.97. The third-order valence-electron chi connectivity index (χ3n) is 5.77. The van der Waals surface area contributed by atoms with Crippen molar-refractivity contribution in [3.63, 3.8) is 0 Å². The maximum Gasteiger partial charge on any atom is 0.228 e. The van der Waals surface area contributed by atoms with Gasteiger partial charge in [-0.25, -0.2) is 0 Å². The van der Waals surface area contributed by atoms with Gasteiger partial charge in [0, 0.05) is 24.5 Å². The van der Waals surface area contributed by atoms with Gasteiger partial charge in [0.25, 0.3) is 0 Å². The van der Waals surface area contributed by atoms with Crippen molar-refractivity contribution >= 4 is 16.8 Å². The van der Waals surface area contributed by atoms with Crippen LogP contribution in [-0.4, -0.2) is 58.1 Å². The van der Waals surface area contributed by atoms with Gasteiger partial charge in [-0.3, -0.25) is 14.8 Å². The van der Waals surface area contributed by atoms with E-state index in [0.29, 0.717) is 12.5 Å². The van der Waals surface area contributed by atoms with Gasteiger partial charge >= 0.3 is 0 Å². The normalized spacial score (nSPS) is 22.9. The highest BCUT2D eigenvalue weighted by Gasteiger charge is 2.28. The van der Waals surface area contributed by atoms with E-state index >= 15 is 0 Å². The molecule has 0 aliphatic carbocycles. The van der Waals surface area contributed by atoms with Gasteiger partial charge in [0.1, 0.15) is 0 Å². The molecule has 1 amide bonds. The molecule has 3 heterocycles. The fourth-order valence-electron chi connectivity index (χ4n) is 4.35. The number of carbonyl (C=O) groups excluding carboxylic acids is 1. The number of aromatic amines is 1. The Morgan fingerprint density at radius 1 is 1.08 bits per heavy atom. The highest BCUT2D eigenvalue weighted by molar-refractivity contribution is 5.87. The molecule has 4 rings (SSSR count). The van der Waals surface area contributed by atoms with Gasteiger partial charge in [-0.15, -0.1) is 0 Å². The van der Waals surface area contributed by atoms with Crippen LogP contribution in [0.5, 0.6) is 0 Å². The fraction of sp³-hybridized carbons (Fsp3) is 0.600. The van der Waals surface area contributed by atoms with E-state index in [0.717, 1.165) is 36.1 Å². The maximum absolute atomic E-state index is 12.9. The summed E-state index contributed by atoms with van der Waals surface area (Å²) in [4.78, 5) is 17.6. The molecule has 2 aromatic rings. The van der Waals surface area contributed by atoms with Crippen molar-refractivity contribution in [2.24, 2.45) is 0 Å². The molecule has 0 radical (unpaired) electrons. The van der Waals surface area contributed by atoms with E-state index in [2.05, 4.69) is 20.0 Å². The lowest BCUT2D eigenvalue weighted by atomic mass is 10.0. The molecule has 1 unspecified atom stereocenters. The third kappa shape index (κ3) is 3.71. The lowest BCUT2D eigenvalue weighted by Crippen LogP contribution is -2.50. The minimum Gasteiger partial charge on any atom is -0.341 e. The van der Waals surface area contributed by atoms with Crippen LogP contribution < -0.4 is 0 Å². The minimum atomic E-state index is 0.230. The number of amides is 1. The Balaban J connectivity index is 1.41. The summed E-state index contributed by atoms with van der Waals surface area (Å²) >= 11 is 0. The number of rotatable bonds is 3. The van der Waals surface area contributed by atoms with Crippen molar-refractivity contribution < 1.29 is 4.79 Å². The van der Waals surface area contributed by atoms with Crippen molar-refractivity contribution in [2.45, 2.75) is 51.0 Å². The number of aromatic nitrogens is 2. The number of nitrogens with one attached hydrogen (secondary N) is 1. The zero-order valence-electron chi connectivity index (χ0n) is 14.9. The quantitative estimate of drug-likeness (QED) is 0.934. The van der Waals surface area contributed by atoms with Crippen molar-refractivity contribution in [1.29, 1.82) is 0 Å². The average Bonchev–Trinajstić information content (AvgIpc) is 2.87. The first-order valence-corrected chi connectivity index (χ1v) is 9.75. The molecule has 25 heavy (non-hydrogen) atoms. The Bertz CT molecular complexity index is 717. The van der Waals surface area contributed by atoms with Crippen LogP contribution in [0.25, 0.3) is 10.9 Å². The van der Waals surface area contributed by atoms with E-state index in [4.69, 9.17) is 0 Å². The molecular formula is C20H28N4O. The molecule has 1 N–H and O–H groups in total. The van der Waals surface area contributed by atoms with Gasteiger partial charge < -0.3 is 4.90 Å². The molecule has 0 saturated carbocycles. The lowest BCUT2D eigenvalue weighted by Gasteiger charge is -2.39. The average molecular weight is 340 g/mol. The van der Waals surface area contributed by atoms with Crippen molar-refractivity contribution in [1.82, 2.24) is 20.0 Å². The van der Waals surface area contributed by atoms with E-state index in [1.807, 2.05) is 24.3 Å². The van der Waals surface area contributed by atoms with Gasteiger partial charge in [0.2, 0.25) is 5.91 Å². The highest BCUT2D eigenvalue weighted by Crippen LogP contribution is 2.22. The number of para-hydroxylation sites is 1. The van der Waals surface area contributed by atoms with E-state index in [1.54, 1.807) is 0 Å². The zero-order chi connectivity index (χ0) is 17.1. The predicted molar refractivity (Wildman–Crippen MR) is 99.4 cm³/mol. The van der Waals surface area contributed by atoms with Gasteiger partial charge in [0.15, 0.2) is 0 Å². The summed E-state index contributed by atoms with van der Waals surface area (Å²) in [6.07, 6.45) is 8.12. The second-order valence-electron chi connectivity index (χ2n) is 7.48. The topological polar surface area (TPSA) is 52.2 Å². The number of hydrogen-bond acceptors (Lipinski definition) is 3. The lowest BCUT2D eigenvalue weighted by molar-refractivity contribution is -0.132. The Morgan fingerprint density at radius 2 is 1.88 bits per heavy atom.